The van der Waals surface area contributed by atoms with Crippen molar-refractivity contribution in [2.24, 2.45) is 0 Å². The molecule has 0 aromatic heterocycles. The van der Waals surface area contributed by atoms with E-state index in [0.717, 1.165) is 27.8 Å². The van der Waals surface area contributed by atoms with E-state index in [2.05, 4.69) is 22.8 Å². The summed E-state index contributed by atoms with van der Waals surface area (Å²) in [5.74, 6) is -1.85. The Morgan fingerprint density at radius 2 is 1.51 bits per heavy atom. The molecule has 0 saturated heterocycles. The number of carboxylic acid groups (broad SMARTS) is 1. The minimum Gasteiger partial charge on any atom is -0.479 e. The predicted molar refractivity (Wildman–Crippen MR) is 146 cm³/mol. The number of likely N-dealkylation sites (N-methyl/N-ethyl adjacent to an activating group) is 1. The number of fused-ring (bicyclic) bond motifs is 3. The standard InChI is InChI=1S/C30H33N3O6/c1-33(17-20-10-4-3-5-11-20)18-26(28(34)31-16-27(38-2)29(35)36)32-30(37)39-19-25-23-14-8-6-12-21(23)22-13-7-9-15-24(22)25/h3-15,25-27H,16-19H2,1-2H3,(H,31,34)(H,32,37)(H,35,36). The van der Waals surface area contributed by atoms with E-state index >= 15 is 0 Å². The van der Waals surface area contributed by atoms with Crippen LogP contribution in [-0.2, 0) is 25.6 Å². The van der Waals surface area contributed by atoms with Crippen molar-refractivity contribution in [1.82, 2.24) is 15.5 Å². The van der Waals surface area contributed by atoms with E-state index in [1.165, 1.54) is 7.11 Å². The van der Waals surface area contributed by atoms with Crippen LogP contribution in [0.3, 0.4) is 0 Å². The normalized spacial score (nSPS) is 13.7. The van der Waals surface area contributed by atoms with Crippen molar-refractivity contribution in [3.63, 3.8) is 0 Å². The number of benzene rings is 3. The van der Waals surface area contributed by atoms with Gasteiger partial charge in [0.2, 0.25) is 5.91 Å². The Morgan fingerprint density at radius 1 is 0.923 bits per heavy atom. The fourth-order valence-corrected chi connectivity index (χ4v) is 4.84. The summed E-state index contributed by atoms with van der Waals surface area (Å²) in [4.78, 5) is 39.2. The van der Waals surface area contributed by atoms with Gasteiger partial charge in [-0.1, -0.05) is 78.9 Å². The van der Waals surface area contributed by atoms with Crippen LogP contribution in [0.4, 0.5) is 4.79 Å². The van der Waals surface area contributed by atoms with Gasteiger partial charge in [-0.05, 0) is 34.9 Å². The van der Waals surface area contributed by atoms with E-state index < -0.39 is 30.1 Å². The monoisotopic (exact) mass is 531 g/mol. The first kappa shape index (κ1) is 27.8. The molecule has 2 atom stereocenters. The molecule has 1 aliphatic carbocycles. The molecule has 4 rings (SSSR count). The largest absolute Gasteiger partial charge is 0.479 e. The lowest BCUT2D eigenvalue weighted by Gasteiger charge is -2.25. The molecule has 3 aromatic rings. The summed E-state index contributed by atoms with van der Waals surface area (Å²) in [5, 5.41) is 14.5. The zero-order valence-electron chi connectivity index (χ0n) is 22.0. The molecule has 204 valence electrons. The van der Waals surface area contributed by atoms with Crippen LogP contribution in [-0.4, -0.2) is 74.0 Å². The lowest BCUT2D eigenvalue weighted by Crippen LogP contribution is -2.53. The average molecular weight is 532 g/mol. The zero-order valence-corrected chi connectivity index (χ0v) is 22.0. The summed E-state index contributed by atoms with van der Waals surface area (Å²) in [6, 6.07) is 24.8. The van der Waals surface area contributed by atoms with E-state index in [1.807, 2.05) is 78.7 Å². The Labute approximate surface area is 227 Å². The predicted octanol–water partition coefficient (Wildman–Crippen LogP) is 3.24. The molecule has 3 aromatic carbocycles. The molecule has 2 unspecified atom stereocenters. The highest BCUT2D eigenvalue weighted by molar-refractivity contribution is 5.86. The minimum absolute atomic E-state index is 0.110. The summed E-state index contributed by atoms with van der Waals surface area (Å²) < 4.78 is 10.5. The van der Waals surface area contributed by atoms with Crippen LogP contribution in [0.25, 0.3) is 11.1 Å². The number of methoxy groups -OCH3 is 1. The van der Waals surface area contributed by atoms with E-state index in [9.17, 15) is 19.5 Å². The van der Waals surface area contributed by atoms with Crippen LogP contribution in [0.5, 0.6) is 0 Å². The number of nitrogens with zero attached hydrogens (tertiary/aromatic N) is 1. The second kappa shape index (κ2) is 13.0. The van der Waals surface area contributed by atoms with Gasteiger partial charge in [0.15, 0.2) is 6.10 Å². The van der Waals surface area contributed by atoms with Crippen LogP contribution in [0.15, 0.2) is 78.9 Å². The zero-order chi connectivity index (χ0) is 27.8. The summed E-state index contributed by atoms with van der Waals surface area (Å²) in [7, 11) is 3.09. The van der Waals surface area contributed by atoms with E-state index in [1.54, 1.807) is 0 Å². The highest BCUT2D eigenvalue weighted by atomic mass is 16.5. The van der Waals surface area contributed by atoms with Crippen molar-refractivity contribution in [2.45, 2.75) is 24.6 Å². The van der Waals surface area contributed by atoms with Crippen molar-refractivity contribution in [1.29, 1.82) is 0 Å². The van der Waals surface area contributed by atoms with Crippen molar-refractivity contribution < 1.29 is 29.0 Å². The number of hydrogen-bond acceptors (Lipinski definition) is 6. The fourth-order valence-electron chi connectivity index (χ4n) is 4.84. The molecule has 9 heteroatoms. The van der Waals surface area contributed by atoms with Gasteiger partial charge in [0.25, 0.3) is 0 Å². The molecule has 0 saturated carbocycles. The molecule has 0 aliphatic heterocycles. The lowest BCUT2D eigenvalue weighted by atomic mass is 9.98. The van der Waals surface area contributed by atoms with Gasteiger partial charge in [0, 0.05) is 26.1 Å². The molecule has 3 N–H and O–H groups in total. The first-order valence-corrected chi connectivity index (χ1v) is 12.7. The van der Waals surface area contributed by atoms with Gasteiger partial charge in [-0.3, -0.25) is 9.69 Å². The average Bonchev–Trinajstić information content (AvgIpc) is 3.25. The van der Waals surface area contributed by atoms with Crippen molar-refractivity contribution in [3.8, 4) is 11.1 Å². The maximum atomic E-state index is 13.0. The quantitative estimate of drug-likeness (QED) is 0.329. The third-order valence-corrected chi connectivity index (χ3v) is 6.76. The number of nitrogens with one attached hydrogen (secondary N) is 2. The maximum Gasteiger partial charge on any atom is 0.407 e. The molecular weight excluding hydrogens is 498 g/mol. The van der Waals surface area contributed by atoms with E-state index in [4.69, 9.17) is 9.47 Å². The van der Waals surface area contributed by atoms with Crippen molar-refractivity contribution >= 4 is 18.0 Å². The van der Waals surface area contributed by atoms with Gasteiger partial charge in [0.1, 0.15) is 12.6 Å². The van der Waals surface area contributed by atoms with Crippen LogP contribution in [0.2, 0.25) is 0 Å². The Bertz CT molecular complexity index is 1250. The van der Waals surface area contributed by atoms with E-state index in [-0.39, 0.29) is 25.6 Å². The molecule has 0 radical (unpaired) electrons. The minimum atomic E-state index is -1.20. The van der Waals surface area contributed by atoms with Gasteiger partial charge in [-0.2, -0.15) is 0 Å². The van der Waals surface area contributed by atoms with E-state index in [0.29, 0.717) is 6.54 Å². The molecule has 9 nitrogen and oxygen atoms in total. The van der Waals surface area contributed by atoms with Crippen LogP contribution < -0.4 is 10.6 Å². The molecule has 0 bridgehead atoms. The number of rotatable bonds is 12. The molecule has 0 fully saturated rings. The third kappa shape index (κ3) is 7.01. The number of carbonyl (C=O) groups excluding carboxylic acids is 2. The summed E-state index contributed by atoms with van der Waals surface area (Å²) in [5.41, 5.74) is 5.46. The Morgan fingerprint density at radius 3 is 2.10 bits per heavy atom. The van der Waals surface area contributed by atoms with Crippen molar-refractivity contribution in [3.05, 3.63) is 95.6 Å². The van der Waals surface area contributed by atoms with Crippen LogP contribution in [0, 0.1) is 0 Å². The molecule has 39 heavy (non-hydrogen) atoms. The summed E-state index contributed by atoms with van der Waals surface area (Å²) in [6.45, 7) is 0.594. The van der Waals surface area contributed by atoms with Gasteiger partial charge < -0.3 is 25.2 Å². The number of ether oxygens (including phenoxy) is 2. The molecular formula is C30H33N3O6. The van der Waals surface area contributed by atoms with Gasteiger partial charge in [-0.15, -0.1) is 0 Å². The smallest absolute Gasteiger partial charge is 0.407 e. The Hall–Kier alpha value is -4.21. The van der Waals surface area contributed by atoms with Gasteiger partial charge in [-0.25, -0.2) is 9.59 Å². The topological polar surface area (TPSA) is 117 Å². The van der Waals surface area contributed by atoms with Gasteiger partial charge in [0.05, 0.1) is 6.54 Å². The number of amides is 2. The van der Waals surface area contributed by atoms with Crippen LogP contribution >= 0.6 is 0 Å². The van der Waals surface area contributed by atoms with Gasteiger partial charge >= 0.3 is 12.1 Å². The number of aliphatic carboxylic acids is 1. The maximum absolute atomic E-state index is 13.0. The van der Waals surface area contributed by atoms with Crippen LogP contribution in [0.1, 0.15) is 22.6 Å². The van der Waals surface area contributed by atoms with Crippen molar-refractivity contribution in [2.75, 3.05) is 33.9 Å². The highest BCUT2D eigenvalue weighted by Crippen LogP contribution is 2.44. The molecule has 0 spiro atoms. The second-order valence-electron chi connectivity index (χ2n) is 9.51. The highest BCUT2D eigenvalue weighted by Gasteiger charge is 2.30. The molecule has 2 amide bonds. The third-order valence-electron chi connectivity index (χ3n) is 6.76. The number of hydrogen-bond donors (Lipinski definition) is 3. The SMILES string of the molecule is COC(CNC(=O)C(CN(C)Cc1ccccc1)NC(=O)OCC1c2ccccc2-c2ccccc21)C(=O)O. The molecule has 0 heterocycles. The fraction of sp³-hybridized carbons (Fsp3) is 0.300. The Balaban J connectivity index is 1.42. The Kier molecular flexibility index (Phi) is 9.30. The first-order valence-electron chi connectivity index (χ1n) is 12.7. The molecule has 1 aliphatic rings. The summed E-state index contributed by atoms with van der Waals surface area (Å²) in [6.07, 6.45) is -1.93. The number of alkyl carbamates (subject to hydrolysis) is 1. The second-order valence-corrected chi connectivity index (χ2v) is 9.51. The number of carbonyl (C=O) groups is 3. The summed E-state index contributed by atoms with van der Waals surface area (Å²) >= 11 is 0. The lowest BCUT2D eigenvalue weighted by molar-refractivity contribution is -0.148. The first-order chi connectivity index (χ1) is 18.9. The number of carboxylic acids is 1.